The van der Waals surface area contributed by atoms with Crippen LogP contribution in [0, 0.1) is 0 Å². The minimum atomic E-state index is -4.51. The van der Waals surface area contributed by atoms with Crippen molar-refractivity contribution in [3.63, 3.8) is 0 Å². The standard InChI is InChI=1S/C15H17F3N2O5/c1-25-7-6-20(9-13(22)23)12(21)8-19-14(24)10-2-4-11(5-3-10)15(16,17)18/h2-5H,6-9H2,1H3,(H,19,24)(H,22,23). The minimum Gasteiger partial charge on any atom is -0.480 e. The van der Waals surface area contributed by atoms with Crippen molar-refractivity contribution in [2.75, 3.05) is 33.4 Å². The van der Waals surface area contributed by atoms with Crippen LogP contribution in [0.4, 0.5) is 13.2 Å². The molecule has 0 aliphatic rings. The fourth-order valence-corrected chi connectivity index (χ4v) is 1.84. The Hall–Kier alpha value is -2.62. The maximum absolute atomic E-state index is 12.5. The number of nitrogens with zero attached hydrogens (tertiary/aromatic N) is 1. The molecule has 0 aliphatic heterocycles. The lowest BCUT2D eigenvalue weighted by Gasteiger charge is -2.20. The number of halogens is 3. The summed E-state index contributed by atoms with van der Waals surface area (Å²) >= 11 is 0. The van der Waals surface area contributed by atoms with E-state index in [1.54, 1.807) is 0 Å². The summed E-state index contributed by atoms with van der Waals surface area (Å²) in [4.78, 5) is 35.5. The van der Waals surface area contributed by atoms with Crippen molar-refractivity contribution in [3.05, 3.63) is 35.4 Å². The summed E-state index contributed by atoms with van der Waals surface area (Å²) in [5.41, 5.74) is -0.949. The molecule has 138 valence electrons. The van der Waals surface area contributed by atoms with Gasteiger partial charge in [-0.05, 0) is 24.3 Å². The monoisotopic (exact) mass is 362 g/mol. The van der Waals surface area contributed by atoms with Crippen molar-refractivity contribution in [1.82, 2.24) is 10.2 Å². The van der Waals surface area contributed by atoms with Gasteiger partial charge in [0.2, 0.25) is 5.91 Å². The highest BCUT2D eigenvalue weighted by atomic mass is 19.4. The summed E-state index contributed by atoms with van der Waals surface area (Å²) in [5, 5.41) is 11.0. The third-order valence-electron chi connectivity index (χ3n) is 3.12. The first-order chi connectivity index (χ1) is 11.6. The van der Waals surface area contributed by atoms with Gasteiger partial charge in [0.1, 0.15) is 6.54 Å². The maximum Gasteiger partial charge on any atom is 0.416 e. The van der Waals surface area contributed by atoms with E-state index in [4.69, 9.17) is 9.84 Å². The summed E-state index contributed by atoms with van der Waals surface area (Å²) < 4.78 is 42.2. The number of rotatable bonds is 8. The molecule has 0 bridgehead atoms. The Morgan fingerprint density at radius 1 is 1.20 bits per heavy atom. The number of benzene rings is 1. The van der Waals surface area contributed by atoms with Gasteiger partial charge in [0, 0.05) is 19.2 Å². The molecule has 0 saturated heterocycles. The number of carboxylic acid groups (broad SMARTS) is 1. The first kappa shape index (κ1) is 20.4. The quantitative estimate of drug-likeness (QED) is 0.719. The number of alkyl halides is 3. The van der Waals surface area contributed by atoms with Gasteiger partial charge in [0.05, 0.1) is 18.7 Å². The molecule has 0 fully saturated rings. The molecule has 0 spiro atoms. The molecule has 7 nitrogen and oxygen atoms in total. The Labute approximate surface area is 141 Å². The van der Waals surface area contributed by atoms with E-state index in [1.165, 1.54) is 7.11 Å². The number of aliphatic carboxylic acids is 1. The van der Waals surface area contributed by atoms with Gasteiger partial charge in [-0.3, -0.25) is 14.4 Å². The fraction of sp³-hybridized carbons (Fsp3) is 0.400. The van der Waals surface area contributed by atoms with Crippen molar-refractivity contribution in [2.45, 2.75) is 6.18 Å². The summed E-state index contributed by atoms with van der Waals surface area (Å²) in [5.74, 6) is -2.62. The zero-order valence-electron chi connectivity index (χ0n) is 13.3. The molecule has 2 N–H and O–H groups in total. The highest BCUT2D eigenvalue weighted by Gasteiger charge is 2.30. The lowest BCUT2D eigenvalue weighted by Crippen LogP contribution is -2.44. The van der Waals surface area contributed by atoms with Crippen molar-refractivity contribution in [3.8, 4) is 0 Å². The van der Waals surface area contributed by atoms with E-state index in [0.29, 0.717) is 0 Å². The Bertz CT molecular complexity index is 617. The predicted octanol–water partition coefficient (Wildman–Crippen LogP) is 0.995. The Morgan fingerprint density at radius 2 is 1.80 bits per heavy atom. The van der Waals surface area contributed by atoms with E-state index < -0.39 is 42.6 Å². The van der Waals surface area contributed by atoms with Crippen molar-refractivity contribution < 1.29 is 37.4 Å². The van der Waals surface area contributed by atoms with Crippen LogP contribution >= 0.6 is 0 Å². The number of nitrogens with one attached hydrogen (secondary N) is 1. The summed E-state index contributed by atoms with van der Waals surface area (Å²) in [6.45, 7) is -0.904. The third-order valence-corrected chi connectivity index (χ3v) is 3.12. The highest BCUT2D eigenvalue weighted by molar-refractivity contribution is 5.96. The van der Waals surface area contributed by atoms with Gasteiger partial charge in [0.25, 0.3) is 5.91 Å². The molecule has 10 heteroatoms. The minimum absolute atomic E-state index is 0.0256. The first-order valence-corrected chi connectivity index (χ1v) is 7.09. The van der Waals surface area contributed by atoms with Crippen molar-refractivity contribution in [2.24, 2.45) is 0 Å². The second-order valence-electron chi connectivity index (χ2n) is 4.96. The molecule has 1 rings (SSSR count). The van der Waals surface area contributed by atoms with Crippen LogP contribution in [-0.4, -0.2) is 61.1 Å². The van der Waals surface area contributed by atoms with E-state index in [2.05, 4.69) is 5.32 Å². The van der Waals surface area contributed by atoms with Gasteiger partial charge in [-0.2, -0.15) is 13.2 Å². The second kappa shape index (κ2) is 9.02. The third kappa shape index (κ3) is 6.79. The van der Waals surface area contributed by atoms with E-state index in [9.17, 15) is 27.6 Å². The molecule has 25 heavy (non-hydrogen) atoms. The van der Waals surface area contributed by atoms with Crippen LogP contribution < -0.4 is 5.32 Å². The van der Waals surface area contributed by atoms with Crippen LogP contribution in [0.1, 0.15) is 15.9 Å². The lowest BCUT2D eigenvalue weighted by atomic mass is 10.1. The fourth-order valence-electron chi connectivity index (χ4n) is 1.84. The van der Waals surface area contributed by atoms with Crippen LogP contribution in [0.25, 0.3) is 0 Å². The molecule has 0 heterocycles. The SMILES string of the molecule is COCCN(CC(=O)O)C(=O)CNC(=O)c1ccc(C(F)(F)F)cc1. The number of hydrogen-bond acceptors (Lipinski definition) is 4. The van der Waals surface area contributed by atoms with Crippen LogP contribution in [0.2, 0.25) is 0 Å². The predicted molar refractivity (Wildman–Crippen MR) is 79.9 cm³/mol. The van der Waals surface area contributed by atoms with Gasteiger partial charge in [-0.15, -0.1) is 0 Å². The number of amides is 2. The molecule has 0 aromatic heterocycles. The van der Waals surface area contributed by atoms with Gasteiger partial charge < -0.3 is 20.1 Å². The molecular formula is C15H17F3N2O5. The highest BCUT2D eigenvalue weighted by Crippen LogP contribution is 2.28. The smallest absolute Gasteiger partial charge is 0.416 e. The molecule has 0 atom stereocenters. The van der Waals surface area contributed by atoms with Crippen molar-refractivity contribution >= 4 is 17.8 Å². The zero-order valence-corrected chi connectivity index (χ0v) is 13.3. The number of carbonyl (C=O) groups is 3. The molecule has 0 unspecified atom stereocenters. The molecule has 0 saturated carbocycles. The molecule has 1 aromatic rings. The number of carboxylic acids is 1. The van der Waals surface area contributed by atoms with Crippen LogP contribution in [0.3, 0.4) is 0 Å². The van der Waals surface area contributed by atoms with E-state index in [1.807, 2.05) is 0 Å². The first-order valence-electron chi connectivity index (χ1n) is 7.09. The molecular weight excluding hydrogens is 345 g/mol. The summed E-state index contributed by atoms with van der Waals surface area (Å²) in [7, 11) is 1.38. The molecule has 1 aromatic carbocycles. The van der Waals surface area contributed by atoms with Gasteiger partial charge >= 0.3 is 12.1 Å². The molecule has 0 aliphatic carbocycles. The lowest BCUT2D eigenvalue weighted by molar-refractivity contribution is -0.144. The Kier molecular flexibility index (Phi) is 7.37. The molecule has 0 radical (unpaired) electrons. The van der Waals surface area contributed by atoms with E-state index in [-0.39, 0.29) is 18.7 Å². The maximum atomic E-state index is 12.5. The Morgan fingerprint density at radius 3 is 2.28 bits per heavy atom. The summed E-state index contributed by atoms with van der Waals surface area (Å²) in [6.07, 6.45) is -4.51. The largest absolute Gasteiger partial charge is 0.480 e. The van der Waals surface area contributed by atoms with Crippen LogP contribution in [0.15, 0.2) is 24.3 Å². The zero-order chi connectivity index (χ0) is 19.0. The number of carbonyl (C=O) groups excluding carboxylic acids is 2. The van der Waals surface area contributed by atoms with Crippen LogP contribution in [-0.2, 0) is 20.5 Å². The average molecular weight is 362 g/mol. The van der Waals surface area contributed by atoms with Gasteiger partial charge in [0.15, 0.2) is 0 Å². The van der Waals surface area contributed by atoms with E-state index in [0.717, 1.165) is 29.2 Å². The van der Waals surface area contributed by atoms with E-state index >= 15 is 0 Å². The van der Waals surface area contributed by atoms with Gasteiger partial charge in [-0.1, -0.05) is 0 Å². The number of methoxy groups -OCH3 is 1. The Balaban J connectivity index is 2.64. The topological polar surface area (TPSA) is 95.9 Å². The normalized spacial score (nSPS) is 11.0. The van der Waals surface area contributed by atoms with Crippen LogP contribution in [0.5, 0.6) is 0 Å². The molecule has 2 amide bonds. The number of ether oxygens (including phenoxy) is 1. The second-order valence-corrected chi connectivity index (χ2v) is 4.96. The van der Waals surface area contributed by atoms with Crippen molar-refractivity contribution in [1.29, 1.82) is 0 Å². The summed E-state index contributed by atoms with van der Waals surface area (Å²) in [6, 6.07) is 3.49. The number of hydrogen-bond donors (Lipinski definition) is 2. The average Bonchev–Trinajstić information content (AvgIpc) is 2.55. The van der Waals surface area contributed by atoms with Gasteiger partial charge in [-0.25, -0.2) is 0 Å².